The number of amides is 1. The van der Waals surface area contributed by atoms with E-state index in [1.165, 1.54) is 0 Å². The summed E-state index contributed by atoms with van der Waals surface area (Å²) in [5, 5.41) is 12.1. The van der Waals surface area contributed by atoms with Crippen molar-refractivity contribution in [1.82, 2.24) is 20.6 Å². The molecule has 0 spiro atoms. The van der Waals surface area contributed by atoms with Crippen molar-refractivity contribution in [2.75, 3.05) is 6.61 Å². The molecule has 2 aromatic carbocycles. The Balaban J connectivity index is 1.45. The Labute approximate surface area is 167 Å². The van der Waals surface area contributed by atoms with Gasteiger partial charge >= 0.3 is 0 Å². The fourth-order valence-corrected chi connectivity index (χ4v) is 3.15. The molecule has 3 N–H and O–H groups in total. The predicted octanol–water partition coefficient (Wildman–Crippen LogP) is 4.03. The van der Waals surface area contributed by atoms with Crippen molar-refractivity contribution in [2.24, 2.45) is 5.10 Å². The van der Waals surface area contributed by atoms with Crippen molar-refractivity contribution in [1.29, 1.82) is 0 Å². The Kier molecular flexibility index (Phi) is 5.11. The quantitative estimate of drug-likeness (QED) is 0.344. The summed E-state index contributed by atoms with van der Waals surface area (Å²) in [6.07, 6.45) is 1.65. The van der Waals surface area contributed by atoms with E-state index in [1.807, 2.05) is 62.4 Å². The second kappa shape index (κ2) is 8.02. The molecule has 4 rings (SSSR count). The zero-order valence-corrected chi connectivity index (χ0v) is 16.2. The number of carbonyl (C=O) groups is 1. The van der Waals surface area contributed by atoms with Gasteiger partial charge in [0.2, 0.25) is 0 Å². The van der Waals surface area contributed by atoms with Gasteiger partial charge in [0, 0.05) is 27.7 Å². The molecule has 0 saturated carbocycles. The summed E-state index contributed by atoms with van der Waals surface area (Å²) < 4.78 is 5.44. The minimum atomic E-state index is -0.358. The van der Waals surface area contributed by atoms with Crippen molar-refractivity contribution in [3.63, 3.8) is 0 Å². The molecule has 2 aromatic heterocycles. The monoisotopic (exact) mass is 387 g/mol. The van der Waals surface area contributed by atoms with Gasteiger partial charge in [-0.2, -0.15) is 10.2 Å². The molecule has 0 aliphatic carbocycles. The van der Waals surface area contributed by atoms with Crippen LogP contribution in [0, 0.1) is 6.92 Å². The fraction of sp³-hybridized carbons (Fsp3) is 0.136. The summed E-state index contributed by atoms with van der Waals surface area (Å²) in [4.78, 5) is 15.7. The van der Waals surface area contributed by atoms with E-state index in [0.29, 0.717) is 18.0 Å². The van der Waals surface area contributed by atoms with Crippen molar-refractivity contribution >= 4 is 23.0 Å². The van der Waals surface area contributed by atoms with Gasteiger partial charge in [0.15, 0.2) is 0 Å². The Morgan fingerprint density at radius 2 is 2.00 bits per heavy atom. The maximum Gasteiger partial charge on any atom is 0.289 e. The first-order valence-corrected chi connectivity index (χ1v) is 9.35. The molecule has 0 aliphatic rings. The van der Waals surface area contributed by atoms with Crippen molar-refractivity contribution < 1.29 is 9.53 Å². The topological polar surface area (TPSA) is 95.2 Å². The summed E-state index contributed by atoms with van der Waals surface area (Å²) in [7, 11) is 0. The standard InChI is InChI=1S/C22H21N5O2/c1-3-29-16-10-8-15(9-11-16)20-12-21(26-25-20)22(28)27-23-13-18-14(2)24-19-7-5-4-6-17(18)19/h4-13,24H,3H2,1-2H3,(H,25,26)(H,27,28). The molecule has 0 atom stereocenters. The first-order chi connectivity index (χ1) is 14.2. The molecule has 4 aromatic rings. The van der Waals surface area contributed by atoms with Gasteiger partial charge in [-0.1, -0.05) is 18.2 Å². The number of fused-ring (bicyclic) bond motifs is 1. The Morgan fingerprint density at radius 3 is 2.79 bits per heavy atom. The smallest absolute Gasteiger partial charge is 0.289 e. The number of aromatic amines is 2. The lowest BCUT2D eigenvalue weighted by atomic mass is 10.1. The minimum Gasteiger partial charge on any atom is -0.494 e. The lowest BCUT2D eigenvalue weighted by Gasteiger charge is -2.02. The first kappa shape index (κ1) is 18.5. The van der Waals surface area contributed by atoms with Gasteiger partial charge in [0.1, 0.15) is 11.4 Å². The van der Waals surface area contributed by atoms with Gasteiger partial charge in [-0.25, -0.2) is 5.43 Å². The summed E-state index contributed by atoms with van der Waals surface area (Å²) in [5.74, 6) is 0.440. The number of benzene rings is 2. The zero-order chi connectivity index (χ0) is 20.2. The number of ether oxygens (including phenoxy) is 1. The lowest BCUT2D eigenvalue weighted by molar-refractivity contribution is 0.0950. The number of para-hydroxylation sites is 1. The summed E-state index contributed by atoms with van der Waals surface area (Å²) >= 11 is 0. The Bertz CT molecular complexity index is 1170. The van der Waals surface area contributed by atoms with Crippen LogP contribution in [0.25, 0.3) is 22.2 Å². The van der Waals surface area contributed by atoms with Crippen molar-refractivity contribution in [3.05, 3.63) is 71.5 Å². The third-order valence-electron chi connectivity index (χ3n) is 4.59. The van der Waals surface area contributed by atoms with Crippen molar-refractivity contribution in [3.8, 4) is 17.0 Å². The van der Waals surface area contributed by atoms with Gasteiger partial charge in [0.05, 0.1) is 18.5 Å². The fourth-order valence-electron chi connectivity index (χ4n) is 3.15. The number of carbonyl (C=O) groups excluding carboxylic acids is 1. The maximum atomic E-state index is 12.4. The van der Waals surface area contributed by atoms with Gasteiger partial charge in [0.25, 0.3) is 5.91 Å². The van der Waals surface area contributed by atoms with Gasteiger partial charge in [-0.3, -0.25) is 9.89 Å². The highest BCUT2D eigenvalue weighted by atomic mass is 16.5. The Hall–Kier alpha value is -3.87. The van der Waals surface area contributed by atoms with Gasteiger partial charge < -0.3 is 9.72 Å². The van der Waals surface area contributed by atoms with Crippen LogP contribution < -0.4 is 10.2 Å². The third kappa shape index (κ3) is 3.89. The number of hydrogen-bond donors (Lipinski definition) is 3. The number of H-pyrrole nitrogens is 2. The molecular formula is C22H21N5O2. The van der Waals surface area contributed by atoms with Crippen LogP contribution in [0.5, 0.6) is 5.75 Å². The highest BCUT2D eigenvalue weighted by Crippen LogP contribution is 2.22. The number of aromatic nitrogens is 3. The molecule has 146 valence electrons. The summed E-state index contributed by atoms with van der Waals surface area (Å²) in [6, 6.07) is 17.2. The molecule has 0 radical (unpaired) electrons. The van der Waals surface area contributed by atoms with E-state index in [0.717, 1.165) is 33.5 Å². The van der Waals surface area contributed by atoms with Gasteiger partial charge in [-0.15, -0.1) is 0 Å². The van der Waals surface area contributed by atoms with E-state index < -0.39 is 0 Å². The van der Waals surface area contributed by atoms with E-state index >= 15 is 0 Å². The normalized spacial score (nSPS) is 11.2. The van der Waals surface area contributed by atoms with E-state index in [4.69, 9.17) is 4.74 Å². The highest BCUT2D eigenvalue weighted by Gasteiger charge is 2.11. The van der Waals surface area contributed by atoms with Crippen LogP contribution in [0.1, 0.15) is 28.7 Å². The highest BCUT2D eigenvalue weighted by molar-refractivity contribution is 6.01. The number of hydrogen-bond acceptors (Lipinski definition) is 4. The number of hydrazone groups is 1. The van der Waals surface area contributed by atoms with E-state index in [1.54, 1.807) is 12.3 Å². The third-order valence-corrected chi connectivity index (χ3v) is 4.59. The van der Waals surface area contributed by atoms with Crippen LogP contribution in [0.4, 0.5) is 0 Å². The molecule has 1 amide bonds. The van der Waals surface area contributed by atoms with Crippen LogP contribution in [0.2, 0.25) is 0 Å². The molecule has 7 heteroatoms. The predicted molar refractivity (Wildman–Crippen MR) is 113 cm³/mol. The molecule has 7 nitrogen and oxygen atoms in total. The SMILES string of the molecule is CCOc1ccc(-c2cc(C(=O)NN=Cc3c(C)[nH]c4ccccc34)[nH]n2)cc1. The van der Waals surface area contributed by atoms with E-state index in [-0.39, 0.29) is 5.91 Å². The molecule has 0 saturated heterocycles. The largest absolute Gasteiger partial charge is 0.494 e. The zero-order valence-electron chi connectivity index (χ0n) is 16.2. The first-order valence-electron chi connectivity index (χ1n) is 9.35. The molecule has 0 fully saturated rings. The molecular weight excluding hydrogens is 366 g/mol. The van der Waals surface area contributed by atoms with Crippen LogP contribution in [0.3, 0.4) is 0 Å². The van der Waals surface area contributed by atoms with Gasteiger partial charge in [-0.05, 0) is 50.2 Å². The number of rotatable bonds is 6. The van der Waals surface area contributed by atoms with Crippen LogP contribution in [0.15, 0.2) is 59.7 Å². The maximum absolute atomic E-state index is 12.4. The number of nitrogens with one attached hydrogen (secondary N) is 3. The van der Waals surface area contributed by atoms with Crippen LogP contribution in [-0.2, 0) is 0 Å². The van der Waals surface area contributed by atoms with Crippen molar-refractivity contribution in [2.45, 2.75) is 13.8 Å². The average molecular weight is 387 g/mol. The number of aryl methyl sites for hydroxylation is 1. The van der Waals surface area contributed by atoms with E-state index in [9.17, 15) is 4.79 Å². The minimum absolute atomic E-state index is 0.335. The molecule has 0 bridgehead atoms. The van der Waals surface area contributed by atoms with Crippen LogP contribution >= 0.6 is 0 Å². The van der Waals surface area contributed by atoms with Crippen LogP contribution in [-0.4, -0.2) is 33.9 Å². The number of nitrogens with zero attached hydrogens (tertiary/aromatic N) is 2. The molecule has 0 unspecified atom stereocenters. The van der Waals surface area contributed by atoms with E-state index in [2.05, 4.69) is 25.7 Å². The lowest BCUT2D eigenvalue weighted by Crippen LogP contribution is -2.18. The second-order valence-electron chi connectivity index (χ2n) is 6.53. The Morgan fingerprint density at radius 1 is 1.21 bits per heavy atom. The molecule has 2 heterocycles. The summed E-state index contributed by atoms with van der Waals surface area (Å²) in [5.41, 5.74) is 7.41. The second-order valence-corrected chi connectivity index (χ2v) is 6.53. The average Bonchev–Trinajstić information content (AvgIpc) is 3.34. The summed E-state index contributed by atoms with van der Waals surface area (Å²) in [6.45, 7) is 4.53. The molecule has 29 heavy (non-hydrogen) atoms. The molecule has 0 aliphatic heterocycles.